The lowest BCUT2D eigenvalue weighted by molar-refractivity contribution is 0.511. The van der Waals surface area contributed by atoms with Crippen molar-refractivity contribution >= 4 is 23.1 Å². The number of H-pyrrole nitrogens is 1. The van der Waals surface area contributed by atoms with E-state index in [9.17, 15) is 13.6 Å². The highest BCUT2D eigenvalue weighted by Gasteiger charge is 2.11. The zero-order chi connectivity index (χ0) is 12.4. The zero-order valence-corrected chi connectivity index (χ0v) is 9.05. The van der Waals surface area contributed by atoms with E-state index in [1.54, 1.807) is 0 Å². The van der Waals surface area contributed by atoms with Crippen LogP contribution in [0, 0.1) is 11.6 Å². The van der Waals surface area contributed by atoms with E-state index in [0.717, 1.165) is 12.4 Å². The van der Waals surface area contributed by atoms with E-state index in [4.69, 9.17) is 11.6 Å². The van der Waals surface area contributed by atoms with Crippen molar-refractivity contribution in [3.8, 4) is 0 Å². The van der Waals surface area contributed by atoms with Crippen LogP contribution in [-0.4, -0.2) is 9.97 Å². The smallest absolute Gasteiger partial charge is 0.271 e. The number of nitrogens with one attached hydrogen (secondary N) is 2. The van der Waals surface area contributed by atoms with Crippen molar-refractivity contribution in [2.45, 2.75) is 0 Å². The first-order valence-electron chi connectivity index (χ1n) is 4.54. The minimum Gasteiger partial charge on any atom is -0.336 e. The summed E-state index contributed by atoms with van der Waals surface area (Å²) in [5, 5.41) is 2.22. The van der Waals surface area contributed by atoms with E-state index in [1.807, 2.05) is 0 Å². The summed E-state index contributed by atoms with van der Waals surface area (Å²) in [5.41, 5.74) is -0.717. The van der Waals surface area contributed by atoms with Crippen molar-refractivity contribution in [2.75, 3.05) is 5.32 Å². The molecule has 2 aromatic rings. The molecule has 0 amide bonds. The van der Waals surface area contributed by atoms with E-state index in [2.05, 4.69) is 15.3 Å². The summed E-state index contributed by atoms with van der Waals surface area (Å²) < 4.78 is 26.3. The lowest BCUT2D eigenvalue weighted by atomic mass is 10.3. The highest BCUT2D eigenvalue weighted by Crippen LogP contribution is 2.22. The van der Waals surface area contributed by atoms with Gasteiger partial charge in [-0.25, -0.2) is 13.8 Å². The van der Waals surface area contributed by atoms with Crippen molar-refractivity contribution in [1.29, 1.82) is 0 Å². The molecule has 0 bridgehead atoms. The molecule has 1 aromatic carbocycles. The molecule has 2 rings (SSSR count). The van der Waals surface area contributed by atoms with Crippen LogP contribution in [0.1, 0.15) is 0 Å². The number of anilines is 2. The fraction of sp³-hybridized carbons (Fsp3) is 0. The first kappa shape index (κ1) is 11.5. The van der Waals surface area contributed by atoms with Crippen LogP contribution in [0.4, 0.5) is 20.3 Å². The maximum absolute atomic E-state index is 13.3. The van der Waals surface area contributed by atoms with Gasteiger partial charge in [0.2, 0.25) is 0 Å². The van der Waals surface area contributed by atoms with Crippen molar-refractivity contribution in [3.63, 3.8) is 0 Å². The highest BCUT2D eigenvalue weighted by molar-refractivity contribution is 6.32. The second-order valence-corrected chi connectivity index (χ2v) is 3.50. The van der Waals surface area contributed by atoms with Gasteiger partial charge < -0.3 is 10.3 Å². The van der Waals surface area contributed by atoms with Crippen LogP contribution in [0.2, 0.25) is 5.02 Å². The third-order valence-corrected chi connectivity index (χ3v) is 2.35. The average molecular weight is 258 g/mol. The van der Waals surface area contributed by atoms with Crippen molar-refractivity contribution in [2.24, 2.45) is 0 Å². The number of aromatic amines is 1. The fourth-order valence-corrected chi connectivity index (χ4v) is 1.35. The molecule has 1 aromatic heterocycles. The molecule has 88 valence electrons. The summed E-state index contributed by atoms with van der Waals surface area (Å²) in [6, 6.07) is 3.60. The summed E-state index contributed by atoms with van der Waals surface area (Å²) in [5.74, 6) is -2.11. The Bertz CT molecular complexity index is 615. The Morgan fingerprint density at radius 2 is 2.12 bits per heavy atom. The standard InChI is InChI=1S/C10H6ClF2N3O/c11-7-9(14-4-15-10(7)17)16-6-3-1-2-5(12)8(6)13/h1-4H,(H2,14,15,16,17). The number of halogens is 3. The third-order valence-electron chi connectivity index (χ3n) is 2.00. The van der Waals surface area contributed by atoms with E-state index < -0.39 is 17.2 Å². The van der Waals surface area contributed by atoms with Gasteiger partial charge in [0, 0.05) is 0 Å². The number of nitrogens with zero attached hydrogens (tertiary/aromatic N) is 1. The molecule has 0 aliphatic carbocycles. The topological polar surface area (TPSA) is 57.8 Å². The number of aromatic nitrogens is 2. The summed E-state index contributed by atoms with van der Waals surface area (Å²) in [7, 11) is 0. The van der Waals surface area contributed by atoms with E-state index in [-0.39, 0.29) is 16.5 Å². The SMILES string of the molecule is O=c1[nH]cnc(Nc2cccc(F)c2F)c1Cl. The summed E-state index contributed by atoms with van der Waals surface area (Å²) in [6.07, 6.45) is 1.10. The molecule has 0 aliphatic heterocycles. The summed E-state index contributed by atoms with van der Waals surface area (Å²) in [6.45, 7) is 0. The number of benzene rings is 1. The predicted molar refractivity (Wildman–Crippen MR) is 59.5 cm³/mol. The molecular weight excluding hydrogens is 252 g/mol. The van der Waals surface area contributed by atoms with Gasteiger partial charge in [-0.2, -0.15) is 0 Å². The summed E-state index contributed by atoms with van der Waals surface area (Å²) >= 11 is 5.65. The van der Waals surface area contributed by atoms with Gasteiger partial charge in [-0.15, -0.1) is 0 Å². The molecule has 7 heteroatoms. The number of hydrogen-bond acceptors (Lipinski definition) is 3. The normalized spacial score (nSPS) is 10.3. The molecule has 17 heavy (non-hydrogen) atoms. The van der Waals surface area contributed by atoms with Crippen LogP contribution >= 0.6 is 11.6 Å². The average Bonchev–Trinajstić information content (AvgIpc) is 2.31. The second kappa shape index (κ2) is 4.50. The van der Waals surface area contributed by atoms with Crippen molar-refractivity contribution in [3.05, 3.63) is 51.5 Å². The molecule has 0 aliphatic rings. The first-order chi connectivity index (χ1) is 8.09. The maximum Gasteiger partial charge on any atom is 0.271 e. The Morgan fingerprint density at radius 3 is 2.88 bits per heavy atom. The van der Waals surface area contributed by atoms with Gasteiger partial charge in [-0.05, 0) is 12.1 Å². The van der Waals surface area contributed by atoms with Crippen LogP contribution in [0.25, 0.3) is 0 Å². The Labute approximate surface area is 99.3 Å². The summed E-state index contributed by atoms with van der Waals surface area (Å²) in [4.78, 5) is 17.1. The van der Waals surface area contributed by atoms with Gasteiger partial charge in [-0.3, -0.25) is 4.79 Å². The van der Waals surface area contributed by atoms with Crippen molar-refractivity contribution < 1.29 is 8.78 Å². The van der Waals surface area contributed by atoms with Gasteiger partial charge in [-0.1, -0.05) is 17.7 Å². The number of hydrogen-bond donors (Lipinski definition) is 2. The van der Waals surface area contributed by atoms with Gasteiger partial charge in [0.1, 0.15) is 5.02 Å². The largest absolute Gasteiger partial charge is 0.336 e. The maximum atomic E-state index is 13.3. The third kappa shape index (κ3) is 2.26. The minimum atomic E-state index is -1.06. The molecule has 0 fully saturated rings. The van der Waals surface area contributed by atoms with E-state index in [1.165, 1.54) is 12.1 Å². The molecule has 1 heterocycles. The van der Waals surface area contributed by atoms with Gasteiger partial charge in [0.05, 0.1) is 12.0 Å². The molecule has 0 saturated carbocycles. The molecule has 0 unspecified atom stereocenters. The van der Waals surface area contributed by atoms with E-state index in [0.29, 0.717) is 0 Å². The Kier molecular flexibility index (Phi) is 3.06. The molecule has 0 radical (unpaired) electrons. The van der Waals surface area contributed by atoms with Gasteiger partial charge in [0.25, 0.3) is 5.56 Å². The molecule has 4 nitrogen and oxygen atoms in total. The van der Waals surface area contributed by atoms with E-state index >= 15 is 0 Å². The molecule has 0 saturated heterocycles. The zero-order valence-electron chi connectivity index (χ0n) is 8.30. The van der Waals surface area contributed by atoms with Crippen LogP contribution in [-0.2, 0) is 0 Å². The van der Waals surface area contributed by atoms with Crippen LogP contribution in [0.3, 0.4) is 0 Å². The lowest BCUT2D eigenvalue weighted by Crippen LogP contribution is -2.10. The van der Waals surface area contributed by atoms with Crippen molar-refractivity contribution in [1.82, 2.24) is 9.97 Å². The monoisotopic (exact) mass is 257 g/mol. The molecule has 2 N–H and O–H groups in total. The Morgan fingerprint density at radius 1 is 1.35 bits per heavy atom. The van der Waals surface area contributed by atoms with Gasteiger partial charge in [0.15, 0.2) is 17.5 Å². The van der Waals surface area contributed by atoms with Crippen LogP contribution in [0.15, 0.2) is 29.3 Å². The number of rotatable bonds is 2. The molecule has 0 spiro atoms. The lowest BCUT2D eigenvalue weighted by Gasteiger charge is -2.07. The molecular formula is C10H6ClF2N3O. The predicted octanol–water partition coefficient (Wildman–Crippen LogP) is 2.45. The Balaban J connectivity index is 2.42. The van der Waals surface area contributed by atoms with Crippen LogP contribution < -0.4 is 10.9 Å². The highest BCUT2D eigenvalue weighted by atomic mass is 35.5. The Hall–Kier alpha value is -1.95. The second-order valence-electron chi connectivity index (χ2n) is 3.12. The molecule has 0 atom stereocenters. The first-order valence-corrected chi connectivity index (χ1v) is 4.91. The van der Waals surface area contributed by atoms with Gasteiger partial charge >= 0.3 is 0 Å². The fourth-order valence-electron chi connectivity index (χ4n) is 1.20. The quantitative estimate of drug-likeness (QED) is 0.869. The minimum absolute atomic E-state index is 0.0417. The van der Waals surface area contributed by atoms with Crippen LogP contribution in [0.5, 0.6) is 0 Å².